The molecule has 0 radical (unpaired) electrons. The quantitative estimate of drug-likeness (QED) is 0.624. The third-order valence-corrected chi connectivity index (χ3v) is 2.56. The van der Waals surface area contributed by atoms with Crippen molar-refractivity contribution >= 4 is 15.9 Å². The summed E-state index contributed by atoms with van der Waals surface area (Å²) in [4.78, 5) is 0. The standard InChI is InChI=1S/C9H8BrFO/c10-9-4-1-6-5-7(11)2-3-8(6)12-9/h2-3,5,9H,1,4H2. The molecule has 0 aliphatic carbocycles. The van der Waals surface area contributed by atoms with Crippen molar-refractivity contribution in [1.29, 1.82) is 0 Å². The topological polar surface area (TPSA) is 9.23 Å². The fraction of sp³-hybridized carbons (Fsp3) is 0.333. The summed E-state index contributed by atoms with van der Waals surface area (Å²) in [5.74, 6) is 0.606. The number of rotatable bonds is 0. The van der Waals surface area contributed by atoms with Gasteiger partial charge in [0.15, 0.2) is 5.01 Å². The molecule has 1 aromatic rings. The van der Waals surface area contributed by atoms with Gasteiger partial charge in [-0.3, -0.25) is 0 Å². The van der Waals surface area contributed by atoms with Crippen LogP contribution in [0.2, 0.25) is 0 Å². The average Bonchev–Trinajstić information content (AvgIpc) is 2.05. The highest BCUT2D eigenvalue weighted by Gasteiger charge is 2.16. The van der Waals surface area contributed by atoms with Gasteiger partial charge in [-0.1, -0.05) is 0 Å². The second-order valence-corrected chi connectivity index (χ2v) is 3.84. The maximum absolute atomic E-state index is 12.7. The highest BCUT2D eigenvalue weighted by atomic mass is 79.9. The van der Waals surface area contributed by atoms with E-state index in [1.165, 1.54) is 12.1 Å². The SMILES string of the molecule is Fc1ccc2c(c1)CCC(Br)O2. The van der Waals surface area contributed by atoms with E-state index in [-0.39, 0.29) is 10.8 Å². The van der Waals surface area contributed by atoms with E-state index in [0.717, 1.165) is 24.2 Å². The van der Waals surface area contributed by atoms with Crippen LogP contribution in [0.1, 0.15) is 12.0 Å². The van der Waals surface area contributed by atoms with Gasteiger partial charge in [-0.25, -0.2) is 4.39 Å². The molecule has 0 N–H and O–H groups in total. The molecule has 0 amide bonds. The highest BCUT2D eigenvalue weighted by molar-refractivity contribution is 9.09. The van der Waals surface area contributed by atoms with E-state index >= 15 is 0 Å². The van der Waals surface area contributed by atoms with Gasteiger partial charge in [0.05, 0.1) is 0 Å². The van der Waals surface area contributed by atoms with Crippen molar-refractivity contribution in [2.24, 2.45) is 0 Å². The third-order valence-electron chi connectivity index (χ3n) is 1.92. The summed E-state index contributed by atoms with van der Waals surface area (Å²) in [6.07, 6.45) is 1.78. The largest absolute Gasteiger partial charge is 0.479 e. The lowest BCUT2D eigenvalue weighted by atomic mass is 10.1. The molecule has 1 unspecified atom stereocenters. The zero-order chi connectivity index (χ0) is 8.55. The normalized spacial score (nSPS) is 21.3. The molecule has 64 valence electrons. The molecule has 0 saturated carbocycles. The second kappa shape index (κ2) is 3.05. The van der Waals surface area contributed by atoms with Crippen LogP contribution in [0.15, 0.2) is 18.2 Å². The first kappa shape index (κ1) is 8.05. The predicted molar refractivity (Wildman–Crippen MR) is 48.1 cm³/mol. The molecule has 1 heterocycles. The van der Waals surface area contributed by atoms with Gasteiger partial charge in [0.1, 0.15) is 11.6 Å². The van der Waals surface area contributed by atoms with Crippen LogP contribution in [0, 0.1) is 5.82 Å². The van der Waals surface area contributed by atoms with Crippen LogP contribution in [0.25, 0.3) is 0 Å². The van der Waals surface area contributed by atoms with Crippen LogP contribution >= 0.6 is 15.9 Å². The van der Waals surface area contributed by atoms with Crippen LogP contribution < -0.4 is 4.74 Å². The minimum Gasteiger partial charge on any atom is -0.479 e. The monoisotopic (exact) mass is 230 g/mol. The Morgan fingerprint density at radius 2 is 2.33 bits per heavy atom. The molecule has 1 aromatic carbocycles. The molecule has 0 bridgehead atoms. The maximum Gasteiger partial charge on any atom is 0.153 e. The van der Waals surface area contributed by atoms with Crippen LogP contribution in [0.4, 0.5) is 4.39 Å². The summed E-state index contributed by atoms with van der Waals surface area (Å²) < 4.78 is 18.2. The molecule has 1 aliphatic rings. The van der Waals surface area contributed by atoms with E-state index in [1.807, 2.05) is 0 Å². The maximum atomic E-state index is 12.7. The Kier molecular flexibility index (Phi) is 2.05. The molecule has 1 atom stereocenters. The number of fused-ring (bicyclic) bond motifs is 1. The molecule has 1 nitrogen and oxygen atoms in total. The Balaban J connectivity index is 2.37. The zero-order valence-electron chi connectivity index (χ0n) is 6.39. The van der Waals surface area contributed by atoms with Crippen molar-refractivity contribution < 1.29 is 9.13 Å². The van der Waals surface area contributed by atoms with Crippen LogP contribution in [-0.2, 0) is 6.42 Å². The van der Waals surface area contributed by atoms with Crippen molar-refractivity contribution in [3.63, 3.8) is 0 Å². The summed E-state index contributed by atoms with van der Waals surface area (Å²) in [5, 5.41) is 0.0791. The van der Waals surface area contributed by atoms with Gasteiger partial charge in [-0.2, -0.15) is 0 Å². The predicted octanol–water partition coefficient (Wildman–Crippen LogP) is 2.87. The number of benzene rings is 1. The first-order valence-electron chi connectivity index (χ1n) is 3.85. The van der Waals surface area contributed by atoms with E-state index < -0.39 is 0 Å². The van der Waals surface area contributed by atoms with Crippen molar-refractivity contribution in [3.8, 4) is 5.75 Å². The van der Waals surface area contributed by atoms with Crippen molar-refractivity contribution in [2.75, 3.05) is 0 Å². The zero-order valence-corrected chi connectivity index (χ0v) is 7.97. The number of halogens is 2. The molecule has 0 saturated heterocycles. The van der Waals surface area contributed by atoms with E-state index in [0.29, 0.717) is 0 Å². The Morgan fingerprint density at radius 3 is 3.17 bits per heavy atom. The van der Waals surface area contributed by atoms with Crippen LogP contribution in [0.5, 0.6) is 5.75 Å². The first-order chi connectivity index (χ1) is 5.75. The van der Waals surface area contributed by atoms with Gasteiger partial charge in [-0.05, 0) is 52.5 Å². The van der Waals surface area contributed by atoms with Crippen LogP contribution in [0.3, 0.4) is 0 Å². The van der Waals surface area contributed by atoms with Gasteiger partial charge in [0, 0.05) is 0 Å². The minimum atomic E-state index is -0.189. The molecular weight excluding hydrogens is 223 g/mol. The summed E-state index contributed by atoms with van der Waals surface area (Å²) in [5.41, 5.74) is 0.964. The molecule has 2 rings (SSSR count). The molecule has 0 fully saturated rings. The fourth-order valence-corrected chi connectivity index (χ4v) is 1.75. The van der Waals surface area contributed by atoms with Gasteiger partial charge < -0.3 is 4.74 Å². The molecule has 1 aliphatic heterocycles. The van der Waals surface area contributed by atoms with Crippen molar-refractivity contribution in [2.45, 2.75) is 17.9 Å². The fourth-order valence-electron chi connectivity index (χ4n) is 1.32. The number of hydrogen-bond acceptors (Lipinski definition) is 1. The van der Waals surface area contributed by atoms with Gasteiger partial charge in [0.2, 0.25) is 0 Å². The lowest BCUT2D eigenvalue weighted by Gasteiger charge is -2.21. The summed E-state index contributed by atoms with van der Waals surface area (Å²) in [6, 6.07) is 4.64. The number of aryl methyl sites for hydroxylation is 1. The minimum absolute atomic E-state index is 0.0791. The second-order valence-electron chi connectivity index (χ2n) is 2.82. The van der Waals surface area contributed by atoms with Crippen LogP contribution in [-0.4, -0.2) is 5.01 Å². The van der Waals surface area contributed by atoms with E-state index in [2.05, 4.69) is 15.9 Å². The Bertz CT molecular complexity index is 301. The Hall–Kier alpha value is -0.570. The Morgan fingerprint density at radius 1 is 1.50 bits per heavy atom. The smallest absolute Gasteiger partial charge is 0.153 e. The number of ether oxygens (including phenoxy) is 1. The van der Waals surface area contributed by atoms with E-state index in [4.69, 9.17) is 4.74 Å². The number of hydrogen-bond donors (Lipinski definition) is 0. The summed E-state index contributed by atoms with van der Waals surface area (Å²) in [7, 11) is 0. The lowest BCUT2D eigenvalue weighted by Crippen LogP contribution is -2.15. The number of alkyl halides is 1. The molecular formula is C9H8BrFO. The first-order valence-corrected chi connectivity index (χ1v) is 4.76. The molecule has 3 heteroatoms. The lowest BCUT2D eigenvalue weighted by molar-refractivity contribution is 0.261. The Labute approximate surface area is 78.7 Å². The van der Waals surface area contributed by atoms with Gasteiger partial charge >= 0.3 is 0 Å². The van der Waals surface area contributed by atoms with E-state index in [9.17, 15) is 4.39 Å². The summed E-state index contributed by atoms with van der Waals surface area (Å²) in [6.45, 7) is 0. The average molecular weight is 231 g/mol. The highest BCUT2D eigenvalue weighted by Crippen LogP contribution is 2.29. The van der Waals surface area contributed by atoms with Crippen molar-refractivity contribution in [3.05, 3.63) is 29.6 Å². The molecule has 0 spiro atoms. The van der Waals surface area contributed by atoms with Gasteiger partial charge in [0.25, 0.3) is 0 Å². The van der Waals surface area contributed by atoms with Crippen molar-refractivity contribution in [1.82, 2.24) is 0 Å². The third kappa shape index (κ3) is 1.46. The van der Waals surface area contributed by atoms with Gasteiger partial charge in [-0.15, -0.1) is 0 Å². The summed E-state index contributed by atoms with van der Waals surface area (Å²) >= 11 is 3.36. The van der Waals surface area contributed by atoms with E-state index in [1.54, 1.807) is 6.07 Å². The molecule has 12 heavy (non-hydrogen) atoms. The molecule has 0 aromatic heterocycles.